The summed E-state index contributed by atoms with van der Waals surface area (Å²) in [7, 11) is 0. The molecule has 2 aromatic heterocycles. The van der Waals surface area contributed by atoms with E-state index in [0.29, 0.717) is 33.9 Å². The van der Waals surface area contributed by atoms with Crippen molar-refractivity contribution >= 4 is 60.8 Å². The molecule has 5 heteroatoms. The predicted molar refractivity (Wildman–Crippen MR) is 178 cm³/mol. The van der Waals surface area contributed by atoms with Crippen LogP contribution >= 0.6 is 0 Å². The van der Waals surface area contributed by atoms with Gasteiger partial charge in [-0.3, -0.25) is 0 Å². The molecule has 5 nitrogen and oxygen atoms in total. The zero-order valence-corrected chi connectivity index (χ0v) is 23.2. The van der Waals surface area contributed by atoms with E-state index in [0.717, 1.165) is 54.9 Å². The van der Waals surface area contributed by atoms with E-state index in [9.17, 15) is 0 Å². The van der Waals surface area contributed by atoms with Gasteiger partial charge in [-0.1, -0.05) is 91.0 Å². The van der Waals surface area contributed by atoms with Crippen LogP contribution in [-0.2, 0) is 0 Å². The lowest BCUT2D eigenvalue weighted by molar-refractivity contribution is 0.669. The van der Waals surface area contributed by atoms with Crippen molar-refractivity contribution in [2.45, 2.75) is 0 Å². The molecule has 0 fully saturated rings. The van der Waals surface area contributed by atoms with Crippen LogP contribution in [0.2, 0.25) is 0 Å². The molecule has 8 aromatic rings. The summed E-state index contributed by atoms with van der Waals surface area (Å²) >= 11 is 0. The number of rotatable bonds is 3. The highest BCUT2D eigenvalue weighted by molar-refractivity contribution is 6.12. The Hall–Kier alpha value is -6.61. The van der Waals surface area contributed by atoms with Crippen LogP contribution in [0.1, 0.15) is 0 Å². The van der Waals surface area contributed by atoms with Crippen LogP contribution in [0.3, 0.4) is 0 Å². The van der Waals surface area contributed by atoms with Crippen LogP contribution in [-0.4, -0.2) is 4.57 Å². The third-order valence-corrected chi connectivity index (χ3v) is 8.28. The number of nitrogens with zero attached hydrogens (tertiary/aromatic N) is 4. The molecule has 0 N–H and O–H groups in total. The molecule has 0 saturated carbocycles. The molecule has 6 aromatic carbocycles. The molecular weight excluding hydrogens is 540 g/mol. The lowest BCUT2D eigenvalue weighted by atomic mass is 9.92. The lowest BCUT2D eigenvalue weighted by Gasteiger charge is -2.19. The Balaban J connectivity index is 1.45. The molecule has 0 radical (unpaired) electrons. The number of hydrogen-bond acceptors (Lipinski definition) is 1. The minimum absolute atomic E-state index is 0.370. The second-order valence-corrected chi connectivity index (χ2v) is 10.5. The van der Waals surface area contributed by atoms with Crippen LogP contribution in [0.5, 0.6) is 0 Å². The molecule has 0 spiro atoms. The van der Waals surface area contributed by atoms with Gasteiger partial charge in [-0.25, -0.2) is 14.5 Å². The zero-order chi connectivity index (χ0) is 29.8. The topological polar surface area (TPSA) is 31.2 Å². The Kier molecular flexibility index (Phi) is 5.56. The monoisotopic (exact) mass is 560 g/mol. The summed E-state index contributed by atoms with van der Waals surface area (Å²) in [5, 5.41) is 4.08. The van der Waals surface area contributed by atoms with Gasteiger partial charge in [-0.2, -0.15) is 0 Å². The van der Waals surface area contributed by atoms with E-state index in [4.69, 9.17) is 24.1 Å². The molecule has 202 valence electrons. The third kappa shape index (κ3) is 3.56. The SMILES string of the molecule is [C-]#[N+]c1ccc(-c2cccc([N+]#[C-])c2-n2c3ccccc3c3ccccc32)c([N+]#[C-])c1-c1ccc2oc3ccccc3c2c1. The summed E-state index contributed by atoms with van der Waals surface area (Å²) in [5.74, 6) is 0. The number of hydrogen-bond donors (Lipinski definition) is 0. The van der Waals surface area contributed by atoms with Gasteiger partial charge < -0.3 is 8.98 Å². The Labute approximate surface area is 252 Å². The first kappa shape index (κ1) is 25.1. The molecule has 0 aliphatic heterocycles. The van der Waals surface area contributed by atoms with E-state index < -0.39 is 0 Å². The van der Waals surface area contributed by atoms with Gasteiger partial charge in [-0.15, -0.1) is 0 Å². The summed E-state index contributed by atoms with van der Waals surface area (Å²) in [4.78, 5) is 11.8. The summed E-state index contributed by atoms with van der Waals surface area (Å²) < 4.78 is 8.18. The van der Waals surface area contributed by atoms with Gasteiger partial charge in [0.15, 0.2) is 11.4 Å². The Morgan fingerprint density at radius 1 is 0.500 bits per heavy atom. The Morgan fingerprint density at radius 2 is 1.16 bits per heavy atom. The molecule has 0 saturated heterocycles. The smallest absolute Gasteiger partial charge is 0.211 e. The average molecular weight is 561 g/mol. The molecule has 0 bridgehead atoms. The van der Waals surface area contributed by atoms with Crippen LogP contribution in [0.15, 0.2) is 126 Å². The van der Waals surface area contributed by atoms with Crippen LogP contribution in [0.25, 0.3) is 86.2 Å². The first-order valence-corrected chi connectivity index (χ1v) is 14.0. The van der Waals surface area contributed by atoms with Gasteiger partial charge in [0.25, 0.3) is 0 Å². The van der Waals surface area contributed by atoms with Crippen molar-refractivity contribution in [2.24, 2.45) is 0 Å². The second kappa shape index (κ2) is 9.74. The van der Waals surface area contributed by atoms with Gasteiger partial charge in [0.1, 0.15) is 11.2 Å². The molecule has 2 heterocycles. The van der Waals surface area contributed by atoms with Gasteiger partial charge in [0.2, 0.25) is 5.69 Å². The number of para-hydroxylation sites is 4. The van der Waals surface area contributed by atoms with Gasteiger partial charge in [0, 0.05) is 21.5 Å². The van der Waals surface area contributed by atoms with E-state index >= 15 is 0 Å². The minimum atomic E-state index is 0.370. The molecule has 0 unspecified atom stereocenters. The van der Waals surface area contributed by atoms with Crippen molar-refractivity contribution < 1.29 is 4.42 Å². The molecular formula is C39H20N4O. The van der Waals surface area contributed by atoms with E-state index in [-0.39, 0.29) is 0 Å². The minimum Gasteiger partial charge on any atom is -0.456 e. The fourth-order valence-electron chi connectivity index (χ4n) is 6.41. The molecule has 0 atom stereocenters. The lowest BCUT2D eigenvalue weighted by Crippen LogP contribution is -1.98. The summed E-state index contributed by atoms with van der Waals surface area (Å²) in [6.07, 6.45) is 0. The maximum Gasteiger partial charge on any atom is 0.211 e. The van der Waals surface area contributed by atoms with E-state index in [2.05, 4.69) is 43.4 Å². The second-order valence-electron chi connectivity index (χ2n) is 10.5. The van der Waals surface area contributed by atoms with Crippen LogP contribution in [0, 0.1) is 19.7 Å². The van der Waals surface area contributed by atoms with Gasteiger partial charge >= 0.3 is 0 Å². The Morgan fingerprint density at radius 3 is 1.86 bits per heavy atom. The van der Waals surface area contributed by atoms with Crippen molar-refractivity contribution in [3.05, 3.63) is 156 Å². The van der Waals surface area contributed by atoms with Crippen molar-refractivity contribution in [3.63, 3.8) is 0 Å². The number of benzene rings is 6. The van der Waals surface area contributed by atoms with E-state index in [1.807, 2.05) is 91.0 Å². The highest BCUT2D eigenvalue weighted by Crippen LogP contribution is 2.49. The molecule has 0 aliphatic rings. The summed E-state index contributed by atoms with van der Waals surface area (Å²) in [6, 6.07) is 39.3. The average Bonchev–Trinajstić information content (AvgIpc) is 3.62. The molecule has 0 aliphatic carbocycles. The number of furan rings is 1. The largest absolute Gasteiger partial charge is 0.456 e. The summed E-state index contributed by atoms with van der Waals surface area (Å²) in [5.41, 5.74) is 8.20. The Bertz CT molecular complexity index is 2550. The first-order chi connectivity index (χ1) is 21.7. The summed E-state index contributed by atoms with van der Waals surface area (Å²) in [6.45, 7) is 24.5. The maximum absolute atomic E-state index is 8.40. The predicted octanol–water partition coefficient (Wildman–Crippen LogP) is 11.7. The standard InChI is InChI=1S/C39H20N4O/c1-40-31-21-20-28(38(42-3)37(31)24-19-22-36-30(23-24)27-13-6-9-18-35(27)44-36)29-14-10-15-32(41-2)39(29)43-33-16-7-4-11-25(33)26-12-5-8-17-34(26)43/h4-23H. The van der Waals surface area contributed by atoms with Crippen molar-refractivity contribution in [1.29, 1.82) is 0 Å². The van der Waals surface area contributed by atoms with Crippen molar-refractivity contribution in [1.82, 2.24) is 4.57 Å². The highest BCUT2D eigenvalue weighted by atomic mass is 16.3. The van der Waals surface area contributed by atoms with Gasteiger partial charge in [-0.05, 0) is 52.6 Å². The quantitative estimate of drug-likeness (QED) is 0.198. The molecule has 0 amide bonds. The van der Waals surface area contributed by atoms with Crippen LogP contribution in [0.4, 0.5) is 17.1 Å². The first-order valence-electron chi connectivity index (χ1n) is 14.0. The zero-order valence-electron chi connectivity index (χ0n) is 23.2. The fraction of sp³-hybridized carbons (Fsp3) is 0. The maximum atomic E-state index is 8.40. The molecule has 8 rings (SSSR count). The highest BCUT2D eigenvalue weighted by Gasteiger charge is 2.23. The third-order valence-electron chi connectivity index (χ3n) is 8.28. The fourth-order valence-corrected chi connectivity index (χ4v) is 6.41. The van der Waals surface area contributed by atoms with E-state index in [1.165, 1.54) is 0 Å². The van der Waals surface area contributed by atoms with E-state index in [1.54, 1.807) is 6.07 Å². The van der Waals surface area contributed by atoms with Crippen molar-refractivity contribution in [3.8, 4) is 27.9 Å². The number of aromatic nitrogens is 1. The van der Waals surface area contributed by atoms with Crippen molar-refractivity contribution in [2.75, 3.05) is 0 Å². The normalized spacial score (nSPS) is 11.1. The van der Waals surface area contributed by atoms with Crippen LogP contribution < -0.4 is 0 Å². The molecule has 44 heavy (non-hydrogen) atoms. The van der Waals surface area contributed by atoms with Gasteiger partial charge in [0.05, 0.1) is 36.4 Å². The number of fused-ring (bicyclic) bond motifs is 6.